The Kier molecular flexibility index (Phi) is 5.89. The van der Waals surface area contributed by atoms with Crippen molar-refractivity contribution in [3.8, 4) is 11.4 Å². The standard InChI is InChI=1S/C23H29N5O3/c1-23(2,3)31-22(30)27-11-8-19(9-12-27)28(18-6-7-18)21(29)17-14-25-20(26-15-17)16-5-4-10-24-13-16/h4-5,10,13-15,18-19H,6-9,11-12H2,1-3H3. The van der Waals surface area contributed by atoms with Crippen molar-refractivity contribution in [2.45, 2.75) is 64.1 Å². The molecule has 0 spiro atoms. The molecule has 0 aromatic carbocycles. The summed E-state index contributed by atoms with van der Waals surface area (Å²) < 4.78 is 5.48. The Labute approximate surface area is 182 Å². The van der Waals surface area contributed by atoms with Crippen LogP contribution >= 0.6 is 0 Å². The molecular weight excluding hydrogens is 394 g/mol. The summed E-state index contributed by atoms with van der Waals surface area (Å²) >= 11 is 0. The van der Waals surface area contributed by atoms with Gasteiger partial charge in [0.05, 0.1) is 5.56 Å². The Morgan fingerprint density at radius 1 is 1.03 bits per heavy atom. The second-order valence-electron chi connectivity index (χ2n) is 9.18. The zero-order valence-electron chi connectivity index (χ0n) is 18.3. The van der Waals surface area contributed by atoms with Crippen LogP contribution in [0.3, 0.4) is 0 Å². The smallest absolute Gasteiger partial charge is 0.410 e. The van der Waals surface area contributed by atoms with Gasteiger partial charge in [0.2, 0.25) is 0 Å². The van der Waals surface area contributed by atoms with E-state index in [9.17, 15) is 9.59 Å². The highest BCUT2D eigenvalue weighted by Crippen LogP contribution is 2.33. The molecule has 2 fully saturated rings. The molecule has 1 aliphatic heterocycles. The van der Waals surface area contributed by atoms with Crippen LogP contribution in [0.5, 0.6) is 0 Å². The topological polar surface area (TPSA) is 88.5 Å². The zero-order valence-corrected chi connectivity index (χ0v) is 18.3. The van der Waals surface area contributed by atoms with Gasteiger partial charge in [-0.15, -0.1) is 0 Å². The van der Waals surface area contributed by atoms with E-state index in [0.717, 1.165) is 31.2 Å². The van der Waals surface area contributed by atoms with Crippen LogP contribution in [0.25, 0.3) is 11.4 Å². The molecule has 2 aromatic rings. The van der Waals surface area contributed by atoms with Crippen LogP contribution in [-0.2, 0) is 4.74 Å². The minimum Gasteiger partial charge on any atom is -0.444 e. The summed E-state index contributed by atoms with van der Waals surface area (Å²) in [4.78, 5) is 42.2. The molecule has 2 amide bonds. The normalized spacial score (nSPS) is 17.3. The first-order chi connectivity index (χ1) is 14.8. The molecule has 1 saturated carbocycles. The molecule has 0 N–H and O–H groups in total. The Morgan fingerprint density at radius 2 is 1.68 bits per heavy atom. The van der Waals surface area contributed by atoms with Gasteiger partial charge in [-0.1, -0.05) is 0 Å². The van der Waals surface area contributed by atoms with Crippen LogP contribution in [0.4, 0.5) is 4.79 Å². The number of rotatable bonds is 4. The van der Waals surface area contributed by atoms with E-state index in [1.807, 2.05) is 37.8 Å². The van der Waals surface area contributed by atoms with Gasteiger partial charge in [0.25, 0.3) is 5.91 Å². The molecule has 31 heavy (non-hydrogen) atoms. The molecule has 0 atom stereocenters. The molecule has 8 heteroatoms. The van der Waals surface area contributed by atoms with Crippen molar-refractivity contribution in [1.82, 2.24) is 24.8 Å². The summed E-state index contributed by atoms with van der Waals surface area (Å²) in [6.45, 7) is 6.78. The molecule has 0 unspecified atom stereocenters. The van der Waals surface area contributed by atoms with Crippen molar-refractivity contribution in [3.63, 3.8) is 0 Å². The van der Waals surface area contributed by atoms with Gasteiger partial charge in [0, 0.05) is 55.5 Å². The van der Waals surface area contributed by atoms with Gasteiger partial charge < -0.3 is 14.5 Å². The van der Waals surface area contributed by atoms with Crippen LogP contribution in [0, 0.1) is 0 Å². The van der Waals surface area contributed by atoms with Crippen LogP contribution in [0.1, 0.15) is 56.8 Å². The van der Waals surface area contributed by atoms with E-state index < -0.39 is 5.60 Å². The SMILES string of the molecule is CC(C)(C)OC(=O)N1CCC(N(C(=O)c2cnc(-c3cccnc3)nc2)C2CC2)CC1. The largest absolute Gasteiger partial charge is 0.444 e. The zero-order chi connectivity index (χ0) is 22.0. The Hall–Kier alpha value is -3.03. The van der Waals surface area contributed by atoms with Gasteiger partial charge in [-0.25, -0.2) is 14.8 Å². The number of carbonyl (C=O) groups excluding carboxylic acids is 2. The number of amides is 2. The summed E-state index contributed by atoms with van der Waals surface area (Å²) in [6.07, 6.45) is 9.85. The molecular formula is C23H29N5O3. The number of nitrogens with zero attached hydrogens (tertiary/aromatic N) is 5. The maximum Gasteiger partial charge on any atom is 0.410 e. The van der Waals surface area contributed by atoms with E-state index in [1.54, 1.807) is 29.7 Å². The van der Waals surface area contributed by atoms with E-state index in [0.29, 0.717) is 24.5 Å². The number of piperidine rings is 1. The van der Waals surface area contributed by atoms with Crippen molar-refractivity contribution in [2.24, 2.45) is 0 Å². The van der Waals surface area contributed by atoms with Gasteiger partial charge in [-0.3, -0.25) is 9.78 Å². The molecule has 3 heterocycles. The molecule has 0 radical (unpaired) electrons. The summed E-state index contributed by atoms with van der Waals surface area (Å²) in [6, 6.07) is 4.09. The summed E-state index contributed by atoms with van der Waals surface area (Å²) in [5.74, 6) is 0.518. The first-order valence-electron chi connectivity index (χ1n) is 10.8. The number of ether oxygens (including phenoxy) is 1. The van der Waals surface area contributed by atoms with Crippen LogP contribution < -0.4 is 0 Å². The third kappa shape index (κ3) is 5.18. The maximum atomic E-state index is 13.3. The summed E-state index contributed by atoms with van der Waals surface area (Å²) in [7, 11) is 0. The lowest BCUT2D eigenvalue weighted by molar-refractivity contribution is 0.0142. The number of hydrogen-bond donors (Lipinski definition) is 0. The second kappa shape index (κ2) is 8.61. The number of hydrogen-bond acceptors (Lipinski definition) is 6. The predicted octanol–water partition coefficient (Wildman–Crippen LogP) is 3.54. The molecule has 0 bridgehead atoms. The van der Waals surface area contributed by atoms with Crippen molar-refractivity contribution >= 4 is 12.0 Å². The van der Waals surface area contributed by atoms with Gasteiger partial charge >= 0.3 is 6.09 Å². The highest BCUT2D eigenvalue weighted by Gasteiger charge is 2.40. The van der Waals surface area contributed by atoms with Gasteiger partial charge in [-0.05, 0) is 58.6 Å². The summed E-state index contributed by atoms with van der Waals surface area (Å²) in [5.41, 5.74) is 0.801. The molecule has 8 nitrogen and oxygen atoms in total. The number of carbonyl (C=O) groups is 2. The second-order valence-corrected chi connectivity index (χ2v) is 9.18. The number of pyridine rings is 1. The fourth-order valence-electron chi connectivity index (χ4n) is 3.87. The molecule has 164 valence electrons. The third-order valence-electron chi connectivity index (χ3n) is 5.50. The first-order valence-corrected chi connectivity index (χ1v) is 10.8. The Morgan fingerprint density at radius 3 is 2.23 bits per heavy atom. The van der Waals surface area contributed by atoms with Crippen molar-refractivity contribution < 1.29 is 14.3 Å². The van der Waals surface area contributed by atoms with Gasteiger partial charge in [0.1, 0.15) is 5.60 Å². The molecule has 2 aliphatic rings. The van der Waals surface area contributed by atoms with Crippen LogP contribution in [0.2, 0.25) is 0 Å². The monoisotopic (exact) mass is 423 g/mol. The van der Waals surface area contributed by atoms with Gasteiger partial charge in [0.15, 0.2) is 5.82 Å². The average Bonchev–Trinajstić information content (AvgIpc) is 3.59. The quantitative estimate of drug-likeness (QED) is 0.747. The minimum atomic E-state index is -0.508. The van der Waals surface area contributed by atoms with Crippen LogP contribution in [-0.4, -0.2) is 67.5 Å². The highest BCUT2D eigenvalue weighted by atomic mass is 16.6. The highest BCUT2D eigenvalue weighted by molar-refractivity contribution is 5.94. The van der Waals surface area contributed by atoms with Crippen molar-refractivity contribution in [2.75, 3.05) is 13.1 Å². The van der Waals surface area contributed by atoms with E-state index in [1.165, 1.54) is 0 Å². The van der Waals surface area contributed by atoms with E-state index in [2.05, 4.69) is 15.0 Å². The lowest BCUT2D eigenvalue weighted by Crippen LogP contribution is -2.50. The fraction of sp³-hybridized carbons (Fsp3) is 0.522. The molecule has 4 rings (SSSR count). The van der Waals surface area contributed by atoms with Gasteiger partial charge in [-0.2, -0.15) is 0 Å². The lowest BCUT2D eigenvalue weighted by Gasteiger charge is -2.39. The summed E-state index contributed by atoms with van der Waals surface area (Å²) in [5, 5.41) is 0. The molecule has 1 saturated heterocycles. The number of aromatic nitrogens is 3. The van der Waals surface area contributed by atoms with E-state index in [-0.39, 0.29) is 24.1 Å². The lowest BCUT2D eigenvalue weighted by atomic mass is 10.0. The van der Waals surface area contributed by atoms with E-state index >= 15 is 0 Å². The Balaban J connectivity index is 1.41. The third-order valence-corrected chi connectivity index (χ3v) is 5.50. The van der Waals surface area contributed by atoms with Crippen molar-refractivity contribution in [3.05, 3.63) is 42.5 Å². The minimum absolute atomic E-state index is 0.0315. The average molecular weight is 424 g/mol. The molecule has 2 aromatic heterocycles. The van der Waals surface area contributed by atoms with Crippen molar-refractivity contribution in [1.29, 1.82) is 0 Å². The predicted molar refractivity (Wildman–Crippen MR) is 115 cm³/mol. The molecule has 1 aliphatic carbocycles. The van der Waals surface area contributed by atoms with E-state index in [4.69, 9.17) is 4.74 Å². The maximum absolute atomic E-state index is 13.3. The number of likely N-dealkylation sites (tertiary alicyclic amines) is 1. The first kappa shape index (κ1) is 21.2. The Bertz CT molecular complexity index is 914. The fourth-order valence-corrected chi connectivity index (χ4v) is 3.87. The van der Waals surface area contributed by atoms with Crippen LogP contribution in [0.15, 0.2) is 36.9 Å².